The van der Waals surface area contributed by atoms with Gasteiger partial charge in [0.05, 0.1) is 23.8 Å². The average Bonchev–Trinajstić information content (AvgIpc) is 2.99. The Morgan fingerprint density at radius 1 is 0.909 bits per heavy atom. The summed E-state index contributed by atoms with van der Waals surface area (Å²) in [5.74, 6) is -6.66. The fraction of sp³-hybridized carbons (Fsp3) is 0. The van der Waals surface area contributed by atoms with E-state index in [4.69, 9.17) is 0 Å². The molecule has 0 bridgehead atoms. The molecular weight excluding hydrogens is 300 g/mol. The summed E-state index contributed by atoms with van der Waals surface area (Å²) in [6.45, 7) is 0. The van der Waals surface area contributed by atoms with Crippen molar-refractivity contribution in [1.29, 1.82) is 0 Å². The van der Waals surface area contributed by atoms with Crippen LogP contribution in [-0.2, 0) is 0 Å². The number of hydrogen-bond acceptors (Lipinski definition) is 3. The molecular formula is C14H8F4N4. The second-order valence-corrected chi connectivity index (χ2v) is 4.33. The molecule has 0 amide bonds. The second kappa shape index (κ2) is 5.47. The van der Waals surface area contributed by atoms with E-state index in [-0.39, 0.29) is 5.69 Å². The van der Waals surface area contributed by atoms with E-state index in [0.29, 0.717) is 5.69 Å². The predicted molar refractivity (Wildman–Crippen MR) is 70.9 cm³/mol. The van der Waals surface area contributed by atoms with Crippen LogP contribution in [0.4, 0.5) is 28.9 Å². The molecule has 3 rings (SSSR count). The summed E-state index contributed by atoms with van der Waals surface area (Å²) in [7, 11) is 0. The van der Waals surface area contributed by atoms with Gasteiger partial charge in [-0.1, -0.05) is 18.2 Å². The lowest BCUT2D eigenvalue weighted by molar-refractivity contribution is 0.411. The van der Waals surface area contributed by atoms with Gasteiger partial charge in [0, 0.05) is 0 Å². The summed E-state index contributed by atoms with van der Waals surface area (Å²) < 4.78 is 54.6. The monoisotopic (exact) mass is 308 g/mol. The molecule has 0 unspecified atom stereocenters. The Morgan fingerprint density at radius 3 is 2.18 bits per heavy atom. The van der Waals surface area contributed by atoms with Crippen LogP contribution in [-0.4, -0.2) is 14.8 Å². The Balaban J connectivity index is 1.94. The summed E-state index contributed by atoms with van der Waals surface area (Å²) in [5.41, 5.74) is -0.0900. The lowest BCUT2D eigenvalue weighted by atomic mass is 10.3. The van der Waals surface area contributed by atoms with E-state index >= 15 is 0 Å². The zero-order valence-electron chi connectivity index (χ0n) is 10.9. The molecule has 0 aliphatic carbocycles. The maximum Gasteiger partial charge on any atom is 0.253 e. The highest BCUT2D eigenvalue weighted by Crippen LogP contribution is 2.25. The number of benzene rings is 1. The van der Waals surface area contributed by atoms with Crippen molar-refractivity contribution >= 4 is 11.4 Å². The summed E-state index contributed by atoms with van der Waals surface area (Å²) >= 11 is 0. The summed E-state index contributed by atoms with van der Waals surface area (Å²) in [6.07, 6.45) is 2.69. The van der Waals surface area contributed by atoms with Crippen LogP contribution < -0.4 is 5.32 Å². The van der Waals surface area contributed by atoms with Crippen LogP contribution in [0.1, 0.15) is 0 Å². The second-order valence-electron chi connectivity index (χ2n) is 4.33. The number of aromatic nitrogens is 3. The number of rotatable bonds is 3. The first-order valence-corrected chi connectivity index (χ1v) is 6.13. The Morgan fingerprint density at radius 2 is 1.55 bits per heavy atom. The van der Waals surface area contributed by atoms with Crippen molar-refractivity contribution in [3.05, 3.63) is 66.3 Å². The first kappa shape index (κ1) is 14.1. The average molecular weight is 308 g/mol. The van der Waals surface area contributed by atoms with Gasteiger partial charge in [-0.05, 0) is 12.1 Å². The van der Waals surface area contributed by atoms with Crippen LogP contribution in [0.15, 0.2) is 42.7 Å². The van der Waals surface area contributed by atoms with Crippen LogP contribution in [0.2, 0.25) is 0 Å². The first-order valence-electron chi connectivity index (χ1n) is 6.13. The fourth-order valence-electron chi connectivity index (χ4n) is 1.85. The number of nitrogens with one attached hydrogen (secondary N) is 1. The van der Waals surface area contributed by atoms with Gasteiger partial charge in [-0.15, -0.1) is 0 Å². The molecule has 22 heavy (non-hydrogen) atoms. The quantitative estimate of drug-likeness (QED) is 0.594. The predicted octanol–water partition coefficient (Wildman–Crippen LogP) is 3.57. The molecule has 0 aliphatic rings. The number of anilines is 2. The first-order chi connectivity index (χ1) is 10.6. The molecule has 3 aromatic rings. The van der Waals surface area contributed by atoms with Gasteiger partial charge in [0.1, 0.15) is 5.69 Å². The summed E-state index contributed by atoms with van der Waals surface area (Å²) in [6, 6.07) is 8.93. The zero-order chi connectivity index (χ0) is 15.7. The molecule has 1 aromatic carbocycles. The van der Waals surface area contributed by atoms with E-state index in [1.807, 2.05) is 6.07 Å². The maximum atomic E-state index is 13.5. The number of nitrogens with zero attached hydrogens (tertiary/aromatic N) is 3. The molecule has 0 spiro atoms. The Hall–Kier alpha value is -2.90. The minimum absolute atomic E-state index is 0.159. The minimum Gasteiger partial charge on any atom is -0.348 e. The number of hydrogen-bond donors (Lipinski definition) is 1. The highest BCUT2D eigenvalue weighted by atomic mass is 19.2. The molecule has 0 saturated carbocycles. The standard InChI is InChI=1S/C14H8F4N4/c15-10-12(11(16)14(18)21-13(10)17)20-8-6-19-22(7-8)9-4-2-1-3-5-9/h1-7H,(H,20,21). The Labute approximate surface area is 122 Å². The molecule has 0 atom stereocenters. The van der Waals surface area contributed by atoms with Crippen molar-refractivity contribution in [2.24, 2.45) is 0 Å². The van der Waals surface area contributed by atoms with Crippen LogP contribution in [0, 0.1) is 23.5 Å². The maximum absolute atomic E-state index is 13.5. The molecule has 112 valence electrons. The number of halogens is 4. The van der Waals surface area contributed by atoms with E-state index in [1.54, 1.807) is 24.3 Å². The third-order valence-electron chi connectivity index (χ3n) is 2.87. The zero-order valence-corrected chi connectivity index (χ0v) is 10.9. The number of para-hydroxylation sites is 1. The highest BCUT2D eigenvalue weighted by Gasteiger charge is 2.21. The topological polar surface area (TPSA) is 42.7 Å². The molecule has 1 N–H and O–H groups in total. The van der Waals surface area contributed by atoms with Crippen LogP contribution in [0.25, 0.3) is 5.69 Å². The summed E-state index contributed by atoms with van der Waals surface area (Å²) in [5, 5.41) is 6.25. The molecule has 2 heterocycles. The van der Waals surface area contributed by atoms with E-state index in [2.05, 4.69) is 15.4 Å². The van der Waals surface area contributed by atoms with Gasteiger partial charge in [0.25, 0.3) is 11.9 Å². The van der Waals surface area contributed by atoms with Crippen LogP contribution in [0.5, 0.6) is 0 Å². The van der Waals surface area contributed by atoms with Crippen molar-refractivity contribution < 1.29 is 17.6 Å². The molecule has 0 saturated heterocycles. The van der Waals surface area contributed by atoms with Crippen molar-refractivity contribution in [2.45, 2.75) is 0 Å². The molecule has 0 radical (unpaired) electrons. The van der Waals surface area contributed by atoms with Crippen molar-refractivity contribution in [2.75, 3.05) is 5.32 Å². The largest absolute Gasteiger partial charge is 0.348 e. The lowest BCUT2D eigenvalue weighted by Gasteiger charge is -2.07. The van der Waals surface area contributed by atoms with Gasteiger partial charge in [-0.25, -0.2) is 4.68 Å². The van der Waals surface area contributed by atoms with Gasteiger partial charge in [0.15, 0.2) is 0 Å². The third kappa shape index (κ3) is 2.50. The van der Waals surface area contributed by atoms with Gasteiger partial charge in [-0.3, -0.25) is 0 Å². The molecule has 4 nitrogen and oxygen atoms in total. The van der Waals surface area contributed by atoms with Crippen molar-refractivity contribution in [3.8, 4) is 5.69 Å². The van der Waals surface area contributed by atoms with Gasteiger partial charge < -0.3 is 5.32 Å². The molecule has 2 aromatic heterocycles. The van der Waals surface area contributed by atoms with E-state index in [0.717, 1.165) is 0 Å². The molecule has 0 fully saturated rings. The Kier molecular flexibility index (Phi) is 3.50. The van der Waals surface area contributed by atoms with Crippen molar-refractivity contribution in [3.63, 3.8) is 0 Å². The van der Waals surface area contributed by atoms with Gasteiger partial charge in [0.2, 0.25) is 11.6 Å². The normalized spacial score (nSPS) is 10.7. The van der Waals surface area contributed by atoms with Crippen LogP contribution in [0.3, 0.4) is 0 Å². The smallest absolute Gasteiger partial charge is 0.253 e. The molecule has 0 aliphatic heterocycles. The fourth-order valence-corrected chi connectivity index (χ4v) is 1.85. The SMILES string of the molecule is Fc1nc(F)c(F)c(Nc2cnn(-c3ccccc3)c2)c1F. The van der Waals surface area contributed by atoms with Gasteiger partial charge in [-0.2, -0.15) is 27.6 Å². The van der Waals surface area contributed by atoms with Crippen molar-refractivity contribution in [1.82, 2.24) is 14.8 Å². The summed E-state index contributed by atoms with van der Waals surface area (Å²) in [4.78, 5) is 2.48. The van der Waals surface area contributed by atoms with Gasteiger partial charge >= 0.3 is 0 Å². The van der Waals surface area contributed by atoms with E-state index < -0.39 is 29.2 Å². The van der Waals surface area contributed by atoms with Crippen LogP contribution >= 0.6 is 0 Å². The molecule has 8 heteroatoms. The minimum atomic E-state index is -1.73. The Bertz CT molecular complexity index is 791. The van der Waals surface area contributed by atoms with E-state index in [9.17, 15) is 17.6 Å². The third-order valence-corrected chi connectivity index (χ3v) is 2.87. The van der Waals surface area contributed by atoms with E-state index in [1.165, 1.54) is 17.1 Å². The number of pyridine rings is 1. The highest BCUT2D eigenvalue weighted by molar-refractivity contribution is 5.59. The lowest BCUT2D eigenvalue weighted by Crippen LogP contribution is -2.05.